The quantitative estimate of drug-likeness (QED) is 0.674. The summed E-state index contributed by atoms with van der Waals surface area (Å²) in [6.45, 7) is 1.69. The summed E-state index contributed by atoms with van der Waals surface area (Å²) in [6.07, 6.45) is 1.17. The minimum Gasteiger partial charge on any atom is -0.249 e. The number of nitrogens with zero attached hydrogens (tertiary/aromatic N) is 1. The van der Waals surface area contributed by atoms with Crippen LogP contribution in [-0.4, -0.2) is 9.88 Å². The Morgan fingerprint density at radius 3 is 2.85 bits per heavy atom. The number of halogens is 1. The predicted octanol–water partition coefficient (Wildman–Crippen LogP) is 2.57. The highest BCUT2D eigenvalue weighted by molar-refractivity contribution is 9.10. The van der Waals surface area contributed by atoms with Crippen molar-refractivity contribution < 1.29 is 14.0 Å². The second-order valence-corrected chi connectivity index (χ2v) is 3.90. The van der Waals surface area contributed by atoms with E-state index in [2.05, 4.69) is 25.4 Å². The van der Waals surface area contributed by atoms with Crippen LogP contribution in [0.5, 0.6) is 0 Å². The van der Waals surface area contributed by atoms with Gasteiger partial charge in [0.25, 0.3) is 0 Å². The molecule has 2 unspecified atom stereocenters. The predicted molar refractivity (Wildman–Crippen MR) is 51.3 cm³/mol. The van der Waals surface area contributed by atoms with Crippen LogP contribution < -0.4 is 0 Å². The minimum atomic E-state index is -2.56. The normalized spacial score (nSPS) is 13.9. The van der Waals surface area contributed by atoms with Gasteiger partial charge >= 0.3 is 8.25 Å². The Hall–Kier alpha value is -0.350. The van der Waals surface area contributed by atoms with Crippen LogP contribution in [0.3, 0.4) is 0 Å². The van der Waals surface area contributed by atoms with Crippen molar-refractivity contribution >= 4 is 24.2 Å². The molecule has 0 saturated carbocycles. The molecule has 1 aromatic rings. The summed E-state index contributed by atoms with van der Waals surface area (Å²) in [4.78, 5) is 12.5. The van der Waals surface area contributed by atoms with Crippen LogP contribution in [0.2, 0.25) is 0 Å². The molecule has 0 aliphatic rings. The van der Waals surface area contributed by atoms with Gasteiger partial charge in [-0.15, -0.1) is 9.42 Å². The summed E-state index contributed by atoms with van der Waals surface area (Å²) >= 11 is 3.19. The van der Waals surface area contributed by atoms with Crippen molar-refractivity contribution in [2.24, 2.45) is 0 Å². The topological polar surface area (TPSA) is 59.4 Å². The number of aromatic nitrogens is 1. The highest BCUT2D eigenvalue weighted by Crippen LogP contribution is 2.27. The lowest BCUT2D eigenvalue weighted by Crippen LogP contribution is -1.94. The van der Waals surface area contributed by atoms with E-state index in [-0.39, 0.29) is 0 Å². The third-order valence-electron chi connectivity index (χ3n) is 1.47. The highest BCUT2D eigenvalue weighted by atomic mass is 79.9. The fourth-order valence-electron chi connectivity index (χ4n) is 0.824. The van der Waals surface area contributed by atoms with Crippen molar-refractivity contribution in [3.63, 3.8) is 0 Å². The number of hydrogen-bond donors (Lipinski definition) is 1. The van der Waals surface area contributed by atoms with E-state index < -0.39 is 14.4 Å². The zero-order valence-corrected chi connectivity index (χ0v) is 9.33. The maximum Gasteiger partial charge on any atom is 0.695 e. The standard InChI is InChI=1S/C7H7BrNO3P/c1-5(12-13(10)11)6-2-3-7(8)9-4-6/h2-5H,1H3/p+1. The lowest BCUT2D eigenvalue weighted by atomic mass is 10.2. The maximum absolute atomic E-state index is 10.3. The third kappa shape index (κ3) is 3.48. The molecule has 1 aromatic heterocycles. The molecule has 13 heavy (non-hydrogen) atoms. The first kappa shape index (κ1) is 10.7. The Kier molecular flexibility index (Phi) is 3.93. The molecule has 0 aliphatic carbocycles. The average molecular weight is 265 g/mol. The van der Waals surface area contributed by atoms with E-state index in [1.54, 1.807) is 25.3 Å². The van der Waals surface area contributed by atoms with Crippen molar-refractivity contribution in [1.82, 2.24) is 4.98 Å². The van der Waals surface area contributed by atoms with Gasteiger partial charge in [0.2, 0.25) is 0 Å². The SMILES string of the molecule is CC(O[P+](=O)O)c1ccc(Br)nc1. The Bertz CT molecular complexity index is 303. The van der Waals surface area contributed by atoms with E-state index >= 15 is 0 Å². The molecule has 0 aliphatic heterocycles. The molecule has 0 spiro atoms. The van der Waals surface area contributed by atoms with Gasteiger partial charge in [-0.1, -0.05) is 6.07 Å². The molecule has 0 saturated heterocycles. The average Bonchev–Trinajstić information content (AvgIpc) is 2.04. The van der Waals surface area contributed by atoms with Crippen LogP contribution in [0.15, 0.2) is 22.9 Å². The van der Waals surface area contributed by atoms with E-state index in [9.17, 15) is 4.57 Å². The first-order valence-electron chi connectivity index (χ1n) is 3.54. The maximum atomic E-state index is 10.3. The van der Waals surface area contributed by atoms with Crippen molar-refractivity contribution in [2.75, 3.05) is 0 Å². The number of pyridine rings is 1. The second kappa shape index (κ2) is 4.77. The first-order valence-corrected chi connectivity index (χ1v) is 5.46. The fourth-order valence-corrected chi connectivity index (χ4v) is 1.45. The van der Waals surface area contributed by atoms with Gasteiger partial charge in [-0.2, -0.15) is 0 Å². The molecule has 70 valence electrons. The van der Waals surface area contributed by atoms with Gasteiger partial charge in [0.15, 0.2) is 0 Å². The largest absolute Gasteiger partial charge is 0.695 e. The zero-order chi connectivity index (χ0) is 9.84. The van der Waals surface area contributed by atoms with E-state index in [1.165, 1.54) is 0 Å². The van der Waals surface area contributed by atoms with Crippen molar-refractivity contribution in [3.8, 4) is 0 Å². The van der Waals surface area contributed by atoms with Gasteiger partial charge in [0, 0.05) is 16.3 Å². The summed E-state index contributed by atoms with van der Waals surface area (Å²) in [7, 11) is -2.56. The Morgan fingerprint density at radius 2 is 2.38 bits per heavy atom. The lowest BCUT2D eigenvalue weighted by Gasteiger charge is -2.02. The van der Waals surface area contributed by atoms with Gasteiger partial charge in [-0.05, 0) is 28.9 Å². The number of hydrogen-bond acceptors (Lipinski definition) is 3. The van der Waals surface area contributed by atoms with E-state index in [0.29, 0.717) is 0 Å². The molecular weight excluding hydrogens is 257 g/mol. The smallest absolute Gasteiger partial charge is 0.249 e. The molecule has 0 radical (unpaired) electrons. The van der Waals surface area contributed by atoms with E-state index in [0.717, 1.165) is 10.2 Å². The van der Waals surface area contributed by atoms with Crippen LogP contribution in [0.4, 0.5) is 0 Å². The fraction of sp³-hybridized carbons (Fsp3) is 0.286. The van der Waals surface area contributed by atoms with Crippen LogP contribution in [0, 0.1) is 0 Å². The van der Waals surface area contributed by atoms with Crippen LogP contribution in [0.25, 0.3) is 0 Å². The molecule has 0 amide bonds. The van der Waals surface area contributed by atoms with Crippen molar-refractivity contribution in [1.29, 1.82) is 0 Å². The Morgan fingerprint density at radius 1 is 1.69 bits per heavy atom. The van der Waals surface area contributed by atoms with Gasteiger partial charge < -0.3 is 0 Å². The molecular formula is C7H8BrNO3P+. The summed E-state index contributed by atoms with van der Waals surface area (Å²) < 4.78 is 15.8. The molecule has 1 N–H and O–H groups in total. The Labute approximate surface area is 85.0 Å². The van der Waals surface area contributed by atoms with Gasteiger partial charge in [0.1, 0.15) is 10.7 Å². The van der Waals surface area contributed by atoms with Crippen LogP contribution in [0.1, 0.15) is 18.6 Å². The molecule has 0 bridgehead atoms. The molecule has 1 heterocycles. The molecule has 0 aromatic carbocycles. The summed E-state index contributed by atoms with van der Waals surface area (Å²) in [5.41, 5.74) is 0.764. The monoisotopic (exact) mass is 264 g/mol. The van der Waals surface area contributed by atoms with Crippen LogP contribution in [-0.2, 0) is 9.09 Å². The molecule has 2 atom stereocenters. The second-order valence-electron chi connectivity index (χ2n) is 2.40. The summed E-state index contributed by atoms with van der Waals surface area (Å²) in [5.74, 6) is 0. The van der Waals surface area contributed by atoms with E-state index in [4.69, 9.17) is 4.89 Å². The first-order chi connectivity index (χ1) is 6.09. The number of rotatable bonds is 3. The van der Waals surface area contributed by atoms with Gasteiger partial charge in [-0.25, -0.2) is 4.98 Å². The Balaban J connectivity index is 2.71. The minimum absolute atomic E-state index is 0.422. The zero-order valence-electron chi connectivity index (χ0n) is 6.85. The molecule has 0 fully saturated rings. The summed E-state index contributed by atoms with van der Waals surface area (Å²) in [5, 5.41) is 0. The molecule has 4 nitrogen and oxygen atoms in total. The van der Waals surface area contributed by atoms with Crippen LogP contribution >= 0.6 is 24.2 Å². The van der Waals surface area contributed by atoms with E-state index in [1.807, 2.05) is 0 Å². The molecule has 6 heteroatoms. The third-order valence-corrected chi connectivity index (χ3v) is 2.43. The molecule has 1 rings (SSSR count). The van der Waals surface area contributed by atoms with Gasteiger partial charge in [-0.3, -0.25) is 0 Å². The van der Waals surface area contributed by atoms with Gasteiger partial charge in [0.05, 0.1) is 0 Å². The lowest BCUT2D eigenvalue weighted by molar-refractivity contribution is 0.209. The van der Waals surface area contributed by atoms with Crippen molar-refractivity contribution in [3.05, 3.63) is 28.5 Å². The summed E-state index contributed by atoms with van der Waals surface area (Å²) in [6, 6.07) is 3.53. The highest BCUT2D eigenvalue weighted by Gasteiger charge is 2.20. The van der Waals surface area contributed by atoms with Crippen molar-refractivity contribution in [2.45, 2.75) is 13.0 Å².